The molecule has 190 valence electrons. The highest BCUT2D eigenvalue weighted by molar-refractivity contribution is 5.92. The average molecular weight is 491 g/mol. The largest absolute Gasteiger partial charge is 0.491 e. The number of nitrogens with one attached hydrogen (secondary N) is 2. The van der Waals surface area contributed by atoms with Crippen molar-refractivity contribution in [1.82, 2.24) is 15.5 Å². The quantitative estimate of drug-likeness (QED) is 0.390. The van der Waals surface area contributed by atoms with Gasteiger partial charge in [0.25, 0.3) is 0 Å². The number of rotatable bonds is 10. The van der Waals surface area contributed by atoms with Gasteiger partial charge < -0.3 is 19.9 Å². The standard InChI is InChI=1S/C28H34N4O4/c1-21(33)31-28(18-9-2-3-10-19-28)27-30-26(36-32-27)16-15-25(34)29-23-13-7-8-14-24(23)35-20-17-22-11-5-4-6-12-22/h4-8,11-14H,2-3,9-10,15-20H2,1H3,(H,29,34)(H,31,33). The highest BCUT2D eigenvalue weighted by Crippen LogP contribution is 2.34. The summed E-state index contributed by atoms with van der Waals surface area (Å²) in [4.78, 5) is 29.2. The monoisotopic (exact) mass is 490 g/mol. The molecule has 1 heterocycles. The first-order chi connectivity index (χ1) is 17.5. The van der Waals surface area contributed by atoms with Gasteiger partial charge in [-0.1, -0.05) is 73.3 Å². The minimum Gasteiger partial charge on any atom is -0.491 e. The summed E-state index contributed by atoms with van der Waals surface area (Å²) < 4.78 is 11.4. The third-order valence-electron chi connectivity index (χ3n) is 6.49. The lowest BCUT2D eigenvalue weighted by molar-refractivity contribution is -0.121. The SMILES string of the molecule is CC(=O)NC1(c2noc(CCC(=O)Nc3ccccc3OCCc3ccccc3)n2)CCCCCC1. The summed E-state index contributed by atoms with van der Waals surface area (Å²) in [5.41, 5.74) is 1.23. The molecule has 8 heteroatoms. The van der Waals surface area contributed by atoms with Crippen LogP contribution >= 0.6 is 0 Å². The molecule has 0 saturated heterocycles. The van der Waals surface area contributed by atoms with Gasteiger partial charge in [0, 0.05) is 26.2 Å². The van der Waals surface area contributed by atoms with Crippen molar-refractivity contribution < 1.29 is 18.8 Å². The molecular weight excluding hydrogens is 456 g/mol. The number of hydrogen-bond acceptors (Lipinski definition) is 6. The molecule has 3 aromatic rings. The number of carbonyl (C=O) groups is 2. The maximum Gasteiger partial charge on any atom is 0.227 e. The van der Waals surface area contributed by atoms with E-state index in [2.05, 4.69) is 32.9 Å². The van der Waals surface area contributed by atoms with Crippen molar-refractivity contribution in [3.8, 4) is 5.75 Å². The zero-order valence-corrected chi connectivity index (χ0v) is 20.8. The second-order valence-corrected chi connectivity index (χ2v) is 9.32. The molecule has 2 amide bonds. The van der Waals surface area contributed by atoms with Gasteiger partial charge >= 0.3 is 0 Å². The van der Waals surface area contributed by atoms with Crippen molar-refractivity contribution in [1.29, 1.82) is 0 Å². The van der Waals surface area contributed by atoms with Gasteiger partial charge in [0.2, 0.25) is 17.7 Å². The molecule has 2 N–H and O–H groups in total. The predicted octanol–water partition coefficient (Wildman–Crippen LogP) is 4.95. The number of aryl methyl sites for hydroxylation is 1. The lowest BCUT2D eigenvalue weighted by atomic mass is 9.89. The van der Waals surface area contributed by atoms with Crippen molar-refractivity contribution in [3.63, 3.8) is 0 Å². The zero-order chi connectivity index (χ0) is 25.2. The summed E-state index contributed by atoms with van der Waals surface area (Å²) in [5, 5.41) is 10.2. The van der Waals surface area contributed by atoms with E-state index in [1.807, 2.05) is 42.5 Å². The number of ether oxygens (including phenoxy) is 1. The van der Waals surface area contributed by atoms with Crippen molar-refractivity contribution in [2.75, 3.05) is 11.9 Å². The normalized spacial score (nSPS) is 15.0. The molecule has 0 aliphatic heterocycles. The average Bonchev–Trinajstić information content (AvgIpc) is 3.24. The van der Waals surface area contributed by atoms with E-state index < -0.39 is 5.54 Å². The van der Waals surface area contributed by atoms with E-state index in [4.69, 9.17) is 9.26 Å². The number of para-hydroxylation sites is 2. The Morgan fingerprint density at radius 1 is 0.972 bits per heavy atom. The zero-order valence-electron chi connectivity index (χ0n) is 20.8. The van der Waals surface area contributed by atoms with Crippen LogP contribution in [0.4, 0.5) is 5.69 Å². The first-order valence-corrected chi connectivity index (χ1v) is 12.7. The number of anilines is 1. The van der Waals surface area contributed by atoms with Gasteiger partial charge in [-0.2, -0.15) is 4.98 Å². The topological polar surface area (TPSA) is 106 Å². The van der Waals surface area contributed by atoms with Gasteiger partial charge in [-0.3, -0.25) is 9.59 Å². The highest BCUT2D eigenvalue weighted by atomic mass is 16.5. The highest BCUT2D eigenvalue weighted by Gasteiger charge is 2.38. The molecule has 0 radical (unpaired) electrons. The van der Waals surface area contributed by atoms with E-state index in [9.17, 15) is 9.59 Å². The maximum absolute atomic E-state index is 12.7. The minimum absolute atomic E-state index is 0.104. The fraction of sp³-hybridized carbons (Fsp3) is 0.429. The Morgan fingerprint density at radius 3 is 2.44 bits per heavy atom. The molecule has 4 rings (SSSR count). The van der Waals surface area contributed by atoms with Crippen molar-refractivity contribution in [2.24, 2.45) is 0 Å². The van der Waals surface area contributed by atoms with Crippen LogP contribution in [0.25, 0.3) is 0 Å². The molecule has 0 atom stereocenters. The van der Waals surface area contributed by atoms with Gasteiger partial charge in [0.05, 0.1) is 12.3 Å². The van der Waals surface area contributed by atoms with Crippen LogP contribution in [0.1, 0.15) is 69.1 Å². The molecule has 1 aliphatic carbocycles. The fourth-order valence-electron chi connectivity index (χ4n) is 4.68. The van der Waals surface area contributed by atoms with E-state index in [0.29, 0.717) is 36.2 Å². The number of hydrogen-bond donors (Lipinski definition) is 2. The first kappa shape index (κ1) is 25.4. The predicted molar refractivity (Wildman–Crippen MR) is 137 cm³/mol. The Kier molecular flexibility index (Phi) is 8.71. The van der Waals surface area contributed by atoms with E-state index in [1.54, 1.807) is 0 Å². The Bertz CT molecular complexity index is 1140. The first-order valence-electron chi connectivity index (χ1n) is 12.7. The van der Waals surface area contributed by atoms with Crippen LogP contribution in [-0.4, -0.2) is 28.6 Å². The summed E-state index contributed by atoms with van der Waals surface area (Å²) in [6, 6.07) is 17.5. The smallest absolute Gasteiger partial charge is 0.227 e. The lowest BCUT2D eigenvalue weighted by Gasteiger charge is -2.30. The van der Waals surface area contributed by atoms with E-state index >= 15 is 0 Å². The van der Waals surface area contributed by atoms with Gasteiger partial charge in [0.15, 0.2) is 5.82 Å². The third-order valence-corrected chi connectivity index (χ3v) is 6.49. The second-order valence-electron chi connectivity index (χ2n) is 9.32. The fourth-order valence-corrected chi connectivity index (χ4v) is 4.68. The molecule has 1 fully saturated rings. The molecule has 1 aromatic heterocycles. The molecule has 2 aromatic carbocycles. The summed E-state index contributed by atoms with van der Waals surface area (Å²) in [6.45, 7) is 2.03. The molecular formula is C28H34N4O4. The number of carbonyl (C=O) groups excluding carboxylic acids is 2. The summed E-state index contributed by atoms with van der Waals surface area (Å²) in [5.74, 6) is 1.26. The number of aromatic nitrogens is 2. The van der Waals surface area contributed by atoms with Crippen LogP contribution in [0.5, 0.6) is 5.75 Å². The molecule has 1 saturated carbocycles. The van der Waals surface area contributed by atoms with E-state index in [1.165, 1.54) is 12.5 Å². The molecule has 8 nitrogen and oxygen atoms in total. The Hall–Kier alpha value is -3.68. The van der Waals surface area contributed by atoms with Gasteiger partial charge in [-0.25, -0.2) is 0 Å². The maximum atomic E-state index is 12.7. The Labute approximate surface area is 211 Å². The summed E-state index contributed by atoms with van der Waals surface area (Å²) in [6.07, 6.45) is 7.11. The molecule has 1 aliphatic rings. The molecule has 36 heavy (non-hydrogen) atoms. The van der Waals surface area contributed by atoms with Crippen molar-refractivity contribution in [2.45, 2.75) is 70.3 Å². The van der Waals surface area contributed by atoms with E-state index in [0.717, 1.165) is 44.9 Å². The second kappa shape index (κ2) is 12.3. The molecule has 0 spiro atoms. The molecule has 0 unspecified atom stereocenters. The van der Waals surface area contributed by atoms with Crippen LogP contribution in [0.15, 0.2) is 59.1 Å². The summed E-state index contributed by atoms with van der Waals surface area (Å²) in [7, 11) is 0. The van der Waals surface area contributed by atoms with Crippen LogP contribution in [-0.2, 0) is 28.0 Å². The Balaban J connectivity index is 1.32. The van der Waals surface area contributed by atoms with Crippen LogP contribution < -0.4 is 15.4 Å². The third kappa shape index (κ3) is 6.93. The summed E-state index contributed by atoms with van der Waals surface area (Å²) >= 11 is 0. The lowest BCUT2D eigenvalue weighted by Crippen LogP contribution is -2.45. The van der Waals surface area contributed by atoms with Crippen LogP contribution in [0.2, 0.25) is 0 Å². The van der Waals surface area contributed by atoms with Crippen LogP contribution in [0.3, 0.4) is 0 Å². The molecule has 0 bridgehead atoms. The van der Waals surface area contributed by atoms with Crippen LogP contribution in [0, 0.1) is 0 Å². The van der Waals surface area contributed by atoms with Gasteiger partial charge in [-0.05, 0) is 30.5 Å². The minimum atomic E-state index is -0.595. The number of nitrogens with zero attached hydrogens (tertiary/aromatic N) is 2. The Morgan fingerprint density at radius 2 is 1.69 bits per heavy atom. The van der Waals surface area contributed by atoms with E-state index in [-0.39, 0.29) is 18.2 Å². The van der Waals surface area contributed by atoms with Crippen molar-refractivity contribution >= 4 is 17.5 Å². The number of benzene rings is 2. The van der Waals surface area contributed by atoms with Gasteiger partial charge in [0.1, 0.15) is 11.3 Å². The van der Waals surface area contributed by atoms with Gasteiger partial charge in [-0.15, -0.1) is 0 Å². The number of amides is 2. The van der Waals surface area contributed by atoms with Crippen molar-refractivity contribution in [3.05, 3.63) is 71.9 Å².